The van der Waals surface area contributed by atoms with Crippen LogP contribution in [0.5, 0.6) is 0 Å². The summed E-state index contributed by atoms with van der Waals surface area (Å²) in [6.07, 6.45) is 2.67. The Kier molecular flexibility index (Phi) is 3.52. The largest absolute Gasteiger partial charge is 0.363 e. The second-order valence-electron chi connectivity index (χ2n) is 6.08. The predicted molar refractivity (Wildman–Crippen MR) is 77.2 cm³/mol. The molecule has 0 spiro atoms. The summed E-state index contributed by atoms with van der Waals surface area (Å²) in [7, 11) is 0. The van der Waals surface area contributed by atoms with Gasteiger partial charge in [0, 0.05) is 6.54 Å². The van der Waals surface area contributed by atoms with Crippen LogP contribution in [0.4, 0.5) is 0 Å². The molecule has 3 N–H and O–H groups in total. The number of benzene rings is 1. The molecule has 0 radical (unpaired) electrons. The summed E-state index contributed by atoms with van der Waals surface area (Å²) in [4.78, 5) is 12.6. The molecule has 0 saturated heterocycles. The van der Waals surface area contributed by atoms with E-state index in [1.807, 2.05) is 25.1 Å². The van der Waals surface area contributed by atoms with Gasteiger partial charge in [0.1, 0.15) is 0 Å². The second kappa shape index (κ2) is 5.19. The normalized spacial score (nSPS) is 24.6. The van der Waals surface area contributed by atoms with Crippen molar-refractivity contribution in [1.82, 2.24) is 5.32 Å². The molecule has 20 heavy (non-hydrogen) atoms. The molecule has 0 aromatic heterocycles. The molecule has 1 fully saturated rings. The standard InChI is InChI=1S/C16H22N2O2/c1-16(10-17,12-6-7-12)18-15(19)14-13-5-3-2-4-11(13)8-9-20-14/h2-5,12,14H,6-10,17H2,1H3,(H,18,19). The van der Waals surface area contributed by atoms with Crippen molar-refractivity contribution in [2.24, 2.45) is 11.7 Å². The Morgan fingerprint density at radius 2 is 2.20 bits per heavy atom. The Balaban J connectivity index is 1.78. The van der Waals surface area contributed by atoms with Gasteiger partial charge in [-0.05, 0) is 43.2 Å². The lowest BCUT2D eigenvalue weighted by Gasteiger charge is -2.33. The van der Waals surface area contributed by atoms with Gasteiger partial charge in [0.25, 0.3) is 5.91 Å². The number of hydrogen-bond acceptors (Lipinski definition) is 3. The number of carbonyl (C=O) groups is 1. The van der Waals surface area contributed by atoms with E-state index in [9.17, 15) is 4.79 Å². The fourth-order valence-electron chi connectivity index (χ4n) is 3.00. The lowest BCUT2D eigenvalue weighted by Crippen LogP contribution is -2.54. The number of nitrogens with two attached hydrogens (primary N) is 1. The highest BCUT2D eigenvalue weighted by molar-refractivity contribution is 5.83. The van der Waals surface area contributed by atoms with Crippen LogP contribution in [-0.4, -0.2) is 24.6 Å². The molecule has 4 heteroatoms. The zero-order chi connectivity index (χ0) is 14.2. The molecule has 1 aromatic rings. The highest BCUT2D eigenvalue weighted by Gasteiger charge is 2.43. The smallest absolute Gasteiger partial charge is 0.254 e. The average molecular weight is 274 g/mol. The summed E-state index contributed by atoms with van der Waals surface area (Å²) in [6, 6.07) is 8.01. The van der Waals surface area contributed by atoms with E-state index in [1.54, 1.807) is 0 Å². The van der Waals surface area contributed by atoms with Crippen LogP contribution in [0.1, 0.15) is 37.0 Å². The highest BCUT2D eigenvalue weighted by Crippen LogP contribution is 2.39. The third-order valence-corrected chi connectivity index (χ3v) is 4.54. The van der Waals surface area contributed by atoms with Crippen molar-refractivity contribution in [3.8, 4) is 0 Å². The van der Waals surface area contributed by atoms with E-state index in [2.05, 4.69) is 11.4 Å². The molecule has 0 bridgehead atoms. The topological polar surface area (TPSA) is 64.3 Å². The molecule has 2 unspecified atom stereocenters. The number of nitrogens with one attached hydrogen (secondary N) is 1. The summed E-state index contributed by atoms with van der Waals surface area (Å²) in [5.74, 6) is 0.451. The van der Waals surface area contributed by atoms with Crippen molar-refractivity contribution in [2.75, 3.05) is 13.2 Å². The van der Waals surface area contributed by atoms with Crippen molar-refractivity contribution in [3.05, 3.63) is 35.4 Å². The highest BCUT2D eigenvalue weighted by atomic mass is 16.5. The lowest BCUT2D eigenvalue weighted by atomic mass is 9.93. The van der Waals surface area contributed by atoms with Crippen molar-refractivity contribution >= 4 is 5.91 Å². The summed E-state index contributed by atoms with van der Waals surface area (Å²) >= 11 is 0. The zero-order valence-corrected chi connectivity index (χ0v) is 11.9. The monoisotopic (exact) mass is 274 g/mol. The molecule has 2 aliphatic rings. The van der Waals surface area contributed by atoms with Crippen LogP contribution in [-0.2, 0) is 16.0 Å². The minimum Gasteiger partial charge on any atom is -0.363 e. The summed E-state index contributed by atoms with van der Waals surface area (Å²) in [6.45, 7) is 3.10. The van der Waals surface area contributed by atoms with Gasteiger partial charge in [0.2, 0.25) is 0 Å². The van der Waals surface area contributed by atoms with Gasteiger partial charge in [-0.3, -0.25) is 4.79 Å². The number of rotatable bonds is 4. The number of fused-ring (bicyclic) bond motifs is 1. The SMILES string of the molecule is CC(CN)(NC(=O)C1OCCc2ccccc21)C1CC1. The van der Waals surface area contributed by atoms with E-state index in [0.29, 0.717) is 19.1 Å². The van der Waals surface area contributed by atoms with Crippen LogP contribution in [0.15, 0.2) is 24.3 Å². The summed E-state index contributed by atoms with van der Waals surface area (Å²) in [5.41, 5.74) is 7.77. The first-order chi connectivity index (χ1) is 9.64. The molecule has 108 valence electrons. The summed E-state index contributed by atoms with van der Waals surface area (Å²) in [5, 5.41) is 3.13. The molecule has 1 aliphatic carbocycles. The zero-order valence-electron chi connectivity index (χ0n) is 11.9. The van der Waals surface area contributed by atoms with Crippen LogP contribution in [0.3, 0.4) is 0 Å². The average Bonchev–Trinajstić information content (AvgIpc) is 3.31. The number of carbonyl (C=O) groups excluding carboxylic acids is 1. The van der Waals surface area contributed by atoms with Crippen molar-refractivity contribution in [2.45, 2.75) is 37.8 Å². The summed E-state index contributed by atoms with van der Waals surface area (Å²) < 4.78 is 5.70. The van der Waals surface area contributed by atoms with Crippen LogP contribution in [0.25, 0.3) is 0 Å². The molecular weight excluding hydrogens is 252 g/mol. The van der Waals surface area contributed by atoms with Gasteiger partial charge in [-0.25, -0.2) is 0 Å². The molecule has 1 aromatic carbocycles. The number of hydrogen-bond donors (Lipinski definition) is 2. The Hall–Kier alpha value is -1.39. The number of ether oxygens (including phenoxy) is 1. The molecule has 1 heterocycles. The van der Waals surface area contributed by atoms with Gasteiger partial charge >= 0.3 is 0 Å². The minimum atomic E-state index is -0.496. The van der Waals surface area contributed by atoms with Gasteiger partial charge in [0.15, 0.2) is 6.10 Å². The number of amides is 1. The first-order valence-corrected chi connectivity index (χ1v) is 7.35. The van der Waals surface area contributed by atoms with Crippen molar-refractivity contribution in [1.29, 1.82) is 0 Å². The molecule has 2 atom stereocenters. The molecule has 1 amide bonds. The molecular formula is C16H22N2O2. The van der Waals surface area contributed by atoms with E-state index >= 15 is 0 Å². The van der Waals surface area contributed by atoms with Crippen molar-refractivity contribution in [3.63, 3.8) is 0 Å². The second-order valence-corrected chi connectivity index (χ2v) is 6.08. The maximum Gasteiger partial charge on any atom is 0.254 e. The third kappa shape index (κ3) is 2.45. The molecule has 1 saturated carbocycles. The van der Waals surface area contributed by atoms with E-state index in [0.717, 1.165) is 24.8 Å². The first kappa shape index (κ1) is 13.6. The van der Waals surface area contributed by atoms with Gasteiger partial charge in [-0.15, -0.1) is 0 Å². The van der Waals surface area contributed by atoms with Gasteiger partial charge in [-0.2, -0.15) is 0 Å². The van der Waals surface area contributed by atoms with Gasteiger partial charge < -0.3 is 15.8 Å². The molecule has 4 nitrogen and oxygen atoms in total. The maximum absolute atomic E-state index is 12.6. The Bertz CT molecular complexity index is 513. The maximum atomic E-state index is 12.6. The van der Waals surface area contributed by atoms with Gasteiger partial charge in [0.05, 0.1) is 12.1 Å². The quantitative estimate of drug-likeness (QED) is 0.875. The third-order valence-electron chi connectivity index (χ3n) is 4.54. The Labute approximate surface area is 119 Å². The first-order valence-electron chi connectivity index (χ1n) is 7.35. The van der Waals surface area contributed by atoms with E-state index in [1.165, 1.54) is 5.56 Å². The Morgan fingerprint density at radius 1 is 1.45 bits per heavy atom. The van der Waals surface area contributed by atoms with Crippen LogP contribution >= 0.6 is 0 Å². The lowest BCUT2D eigenvalue weighted by molar-refractivity contribution is -0.136. The van der Waals surface area contributed by atoms with Crippen molar-refractivity contribution < 1.29 is 9.53 Å². The van der Waals surface area contributed by atoms with E-state index in [4.69, 9.17) is 10.5 Å². The van der Waals surface area contributed by atoms with E-state index < -0.39 is 6.10 Å². The van der Waals surface area contributed by atoms with Gasteiger partial charge in [-0.1, -0.05) is 24.3 Å². The molecule has 1 aliphatic heterocycles. The van der Waals surface area contributed by atoms with Crippen LogP contribution < -0.4 is 11.1 Å². The predicted octanol–water partition coefficient (Wildman–Crippen LogP) is 1.54. The minimum absolute atomic E-state index is 0.0583. The fraction of sp³-hybridized carbons (Fsp3) is 0.562. The van der Waals surface area contributed by atoms with E-state index in [-0.39, 0.29) is 11.4 Å². The Morgan fingerprint density at radius 3 is 2.90 bits per heavy atom. The van der Waals surface area contributed by atoms with Crippen LogP contribution in [0, 0.1) is 5.92 Å². The fourth-order valence-corrected chi connectivity index (χ4v) is 3.00. The molecule has 3 rings (SSSR count). The van der Waals surface area contributed by atoms with Crippen LogP contribution in [0.2, 0.25) is 0 Å².